The minimum absolute atomic E-state index is 0.0218. The van der Waals surface area contributed by atoms with Gasteiger partial charge in [0, 0.05) is 26.2 Å². The third-order valence-electron chi connectivity index (χ3n) is 6.43. The van der Waals surface area contributed by atoms with Crippen LogP contribution in [0.5, 0.6) is 11.5 Å². The molecule has 8 nitrogen and oxygen atoms in total. The Labute approximate surface area is 205 Å². The molecule has 2 saturated heterocycles. The number of amides is 1. The van der Waals surface area contributed by atoms with Gasteiger partial charge in [0.15, 0.2) is 0 Å². The van der Waals surface area contributed by atoms with Crippen molar-refractivity contribution >= 4 is 17.4 Å². The Hall–Kier alpha value is -3.36. The predicted octanol–water partition coefficient (Wildman–Crippen LogP) is 3.24. The molecule has 35 heavy (non-hydrogen) atoms. The molecule has 2 N–H and O–H groups in total. The van der Waals surface area contributed by atoms with Crippen LogP contribution in [0.4, 0.5) is 0 Å². The van der Waals surface area contributed by atoms with Crippen LogP contribution in [0.3, 0.4) is 0 Å². The normalized spacial score (nSPS) is 20.4. The highest BCUT2D eigenvalue weighted by Gasteiger charge is 2.46. The van der Waals surface area contributed by atoms with Crippen molar-refractivity contribution in [2.75, 3.05) is 46.0 Å². The molecule has 2 aliphatic heterocycles. The zero-order valence-corrected chi connectivity index (χ0v) is 20.2. The molecule has 0 saturated carbocycles. The highest BCUT2D eigenvalue weighted by Crippen LogP contribution is 2.41. The summed E-state index contributed by atoms with van der Waals surface area (Å²) in [5.74, 6) is -1.26. The van der Waals surface area contributed by atoms with Gasteiger partial charge >= 0.3 is 0 Å². The Kier molecular flexibility index (Phi) is 7.73. The minimum Gasteiger partial charge on any atom is -0.507 e. The molecule has 0 unspecified atom stereocenters. The molecule has 1 atom stereocenters. The molecule has 2 aliphatic rings. The van der Waals surface area contributed by atoms with E-state index in [-0.39, 0.29) is 22.6 Å². The number of aryl methyl sites for hydroxylation is 1. The summed E-state index contributed by atoms with van der Waals surface area (Å²) in [5, 5.41) is 21.6. The van der Waals surface area contributed by atoms with E-state index >= 15 is 0 Å². The van der Waals surface area contributed by atoms with Gasteiger partial charge in [-0.05, 0) is 50.1 Å². The van der Waals surface area contributed by atoms with E-state index in [2.05, 4.69) is 4.90 Å². The smallest absolute Gasteiger partial charge is 0.295 e. The second-order valence-electron chi connectivity index (χ2n) is 8.82. The molecule has 2 aromatic carbocycles. The van der Waals surface area contributed by atoms with Gasteiger partial charge in [-0.1, -0.05) is 23.8 Å². The topological polar surface area (TPSA) is 99.5 Å². The van der Waals surface area contributed by atoms with Crippen LogP contribution in [-0.4, -0.2) is 77.7 Å². The number of rotatable bonds is 8. The number of hydrogen-bond donors (Lipinski definition) is 2. The molecule has 4 rings (SSSR count). The van der Waals surface area contributed by atoms with Crippen LogP contribution in [0, 0.1) is 6.92 Å². The summed E-state index contributed by atoms with van der Waals surface area (Å²) in [6, 6.07) is 11.2. The number of morpholine rings is 1. The van der Waals surface area contributed by atoms with E-state index in [0.717, 1.165) is 25.2 Å². The summed E-state index contributed by atoms with van der Waals surface area (Å²) in [5.41, 5.74) is 1.60. The SMILES string of the molecule is CCOc1ccc([C@H]2C(=C(O)c3cc(C)ccc3O)C(=O)C(=O)N2CCCN2CCOCC2)cc1. The minimum atomic E-state index is -0.768. The zero-order chi connectivity index (χ0) is 24.9. The van der Waals surface area contributed by atoms with Gasteiger partial charge < -0.3 is 24.6 Å². The number of hydrogen-bond acceptors (Lipinski definition) is 7. The fraction of sp³-hybridized carbons (Fsp3) is 0.407. The highest BCUT2D eigenvalue weighted by atomic mass is 16.5. The number of ether oxygens (including phenoxy) is 2. The molecule has 1 amide bonds. The standard InChI is InChI=1S/C27H32N2O6/c1-3-35-20-8-6-19(7-9-20)24-23(25(31)21-17-18(2)5-10-22(21)30)26(32)27(33)29(24)12-4-11-28-13-15-34-16-14-28/h5-10,17,24,30-31H,3-4,11-16H2,1-2H3/t24-/m0/s1. The summed E-state index contributed by atoms with van der Waals surface area (Å²) >= 11 is 0. The first-order valence-corrected chi connectivity index (χ1v) is 12.0. The molecule has 8 heteroatoms. The molecule has 0 radical (unpaired) electrons. The van der Waals surface area contributed by atoms with Gasteiger partial charge in [-0.25, -0.2) is 0 Å². The van der Waals surface area contributed by atoms with Crippen LogP contribution in [0.15, 0.2) is 48.0 Å². The van der Waals surface area contributed by atoms with E-state index in [1.54, 1.807) is 36.4 Å². The van der Waals surface area contributed by atoms with E-state index in [0.29, 0.717) is 44.1 Å². The van der Waals surface area contributed by atoms with Crippen LogP contribution in [0.25, 0.3) is 5.76 Å². The number of carbonyl (C=O) groups excluding carboxylic acids is 2. The Morgan fingerprint density at radius 3 is 2.49 bits per heavy atom. The lowest BCUT2D eigenvalue weighted by atomic mass is 9.94. The Morgan fingerprint density at radius 1 is 1.09 bits per heavy atom. The molecule has 2 fully saturated rings. The molecular formula is C27H32N2O6. The van der Waals surface area contributed by atoms with Crippen molar-refractivity contribution in [2.45, 2.75) is 26.3 Å². The number of phenols is 1. The third kappa shape index (κ3) is 5.33. The van der Waals surface area contributed by atoms with E-state index < -0.39 is 17.7 Å². The fourth-order valence-corrected chi connectivity index (χ4v) is 4.64. The number of aromatic hydroxyl groups is 1. The first-order chi connectivity index (χ1) is 16.9. The number of aliphatic hydroxyl groups is 1. The van der Waals surface area contributed by atoms with E-state index in [1.165, 1.54) is 11.0 Å². The molecule has 0 aliphatic carbocycles. The molecule has 2 heterocycles. The summed E-state index contributed by atoms with van der Waals surface area (Å²) < 4.78 is 10.9. The summed E-state index contributed by atoms with van der Waals surface area (Å²) in [6.07, 6.45) is 0.677. The number of benzene rings is 2. The average molecular weight is 481 g/mol. The molecule has 0 bridgehead atoms. The van der Waals surface area contributed by atoms with Gasteiger partial charge in [-0.15, -0.1) is 0 Å². The maximum absolute atomic E-state index is 13.2. The number of aliphatic hydroxyl groups excluding tert-OH is 1. The lowest BCUT2D eigenvalue weighted by molar-refractivity contribution is -0.140. The van der Waals surface area contributed by atoms with Crippen LogP contribution in [-0.2, 0) is 14.3 Å². The van der Waals surface area contributed by atoms with Gasteiger partial charge in [0.1, 0.15) is 17.3 Å². The Bertz CT molecular complexity index is 1110. The first-order valence-electron chi connectivity index (χ1n) is 12.0. The second-order valence-corrected chi connectivity index (χ2v) is 8.82. The Balaban J connectivity index is 1.70. The van der Waals surface area contributed by atoms with Crippen molar-refractivity contribution in [3.05, 3.63) is 64.7 Å². The van der Waals surface area contributed by atoms with E-state index in [4.69, 9.17) is 9.47 Å². The highest BCUT2D eigenvalue weighted by molar-refractivity contribution is 6.46. The number of ketones is 1. The van der Waals surface area contributed by atoms with E-state index in [1.807, 2.05) is 13.8 Å². The van der Waals surface area contributed by atoms with Crippen LogP contribution >= 0.6 is 0 Å². The number of Topliss-reactive ketones (excluding diaryl/α,β-unsaturated/α-hetero) is 1. The molecule has 2 aromatic rings. The van der Waals surface area contributed by atoms with Gasteiger partial charge in [0.2, 0.25) is 0 Å². The van der Waals surface area contributed by atoms with E-state index in [9.17, 15) is 19.8 Å². The fourth-order valence-electron chi connectivity index (χ4n) is 4.64. The van der Waals surface area contributed by atoms with Crippen molar-refractivity contribution in [2.24, 2.45) is 0 Å². The summed E-state index contributed by atoms with van der Waals surface area (Å²) in [7, 11) is 0. The molecule has 0 aromatic heterocycles. The number of likely N-dealkylation sites (tertiary alicyclic amines) is 1. The largest absolute Gasteiger partial charge is 0.507 e. The number of nitrogens with zero attached hydrogens (tertiary/aromatic N) is 2. The molecular weight excluding hydrogens is 448 g/mol. The number of carbonyl (C=O) groups is 2. The zero-order valence-electron chi connectivity index (χ0n) is 20.2. The van der Waals surface area contributed by atoms with Crippen molar-refractivity contribution in [3.8, 4) is 11.5 Å². The first kappa shape index (κ1) is 24.8. The molecule has 186 valence electrons. The van der Waals surface area contributed by atoms with Crippen molar-refractivity contribution in [1.29, 1.82) is 0 Å². The van der Waals surface area contributed by atoms with Gasteiger partial charge in [0.25, 0.3) is 11.7 Å². The summed E-state index contributed by atoms with van der Waals surface area (Å²) in [4.78, 5) is 30.2. The maximum Gasteiger partial charge on any atom is 0.295 e. The van der Waals surface area contributed by atoms with Gasteiger partial charge in [0.05, 0.1) is 37.0 Å². The Morgan fingerprint density at radius 2 is 1.80 bits per heavy atom. The average Bonchev–Trinajstić information content (AvgIpc) is 3.11. The van der Waals surface area contributed by atoms with Crippen molar-refractivity contribution in [3.63, 3.8) is 0 Å². The predicted molar refractivity (Wildman–Crippen MR) is 131 cm³/mol. The van der Waals surface area contributed by atoms with Crippen LogP contribution < -0.4 is 4.74 Å². The maximum atomic E-state index is 13.2. The van der Waals surface area contributed by atoms with Gasteiger partial charge in [-0.2, -0.15) is 0 Å². The van der Waals surface area contributed by atoms with Crippen LogP contribution in [0.2, 0.25) is 0 Å². The summed E-state index contributed by atoms with van der Waals surface area (Å²) in [6.45, 7) is 8.44. The monoisotopic (exact) mass is 480 g/mol. The van der Waals surface area contributed by atoms with Gasteiger partial charge in [-0.3, -0.25) is 14.5 Å². The lowest BCUT2D eigenvalue weighted by Gasteiger charge is -2.29. The molecule has 0 spiro atoms. The third-order valence-corrected chi connectivity index (χ3v) is 6.43. The van der Waals surface area contributed by atoms with Crippen molar-refractivity contribution < 1.29 is 29.3 Å². The number of phenolic OH excluding ortho intramolecular Hbond substituents is 1. The quantitative estimate of drug-likeness (QED) is 0.340. The lowest BCUT2D eigenvalue weighted by Crippen LogP contribution is -2.38. The van der Waals surface area contributed by atoms with Crippen molar-refractivity contribution in [1.82, 2.24) is 9.80 Å². The second kappa shape index (κ2) is 10.9. The van der Waals surface area contributed by atoms with Crippen LogP contribution in [0.1, 0.15) is 36.1 Å².